The highest BCUT2D eigenvalue weighted by molar-refractivity contribution is 8.14. The van der Waals surface area contributed by atoms with Gasteiger partial charge < -0.3 is 4.74 Å². The fourth-order valence-corrected chi connectivity index (χ4v) is 6.26. The second-order valence-electron chi connectivity index (χ2n) is 9.63. The number of carbonyl (C=O) groups is 2. The van der Waals surface area contributed by atoms with Crippen LogP contribution in [0.15, 0.2) is 0 Å². The average Bonchev–Trinajstić information content (AvgIpc) is 2.41. The van der Waals surface area contributed by atoms with Crippen molar-refractivity contribution in [2.24, 2.45) is 29.6 Å². The molecule has 4 rings (SSSR count). The van der Waals surface area contributed by atoms with Gasteiger partial charge in [0.05, 0.1) is 5.92 Å². The minimum Gasteiger partial charge on any atom is -0.459 e. The van der Waals surface area contributed by atoms with Crippen molar-refractivity contribution >= 4 is 22.8 Å². The molecule has 4 aliphatic carbocycles. The molecule has 3 nitrogen and oxygen atoms in total. The Bertz CT molecular complexity index is 484. The molecule has 0 heterocycles. The van der Waals surface area contributed by atoms with Gasteiger partial charge in [0.15, 0.2) is 5.12 Å². The van der Waals surface area contributed by atoms with Crippen LogP contribution in [0.25, 0.3) is 0 Å². The molecule has 2 atom stereocenters. The van der Waals surface area contributed by atoms with Crippen LogP contribution in [-0.4, -0.2) is 21.4 Å². The molecule has 0 spiro atoms. The van der Waals surface area contributed by atoms with E-state index in [1.807, 2.05) is 34.6 Å². The third-order valence-corrected chi connectivity index (χ3v) is 7.38. The van der Waals surface area contributed by atoms with Crippen LogP contribution >= 0.6 is 11.8 Å². The van der Waals surface area contributed by atoms with Crippen molar-refractivity contribution in [3.63, 3.8) is 0 Å². The zero-order valence-electron chi connectivity index (χ0n) is 15.8. The van der Waals surface area contributed by atoms with Crippen molar-refractivity contribution in [1.82, 2.24) is 0 Å². The van der Waals surface area contributed by atoms with Crippen LogP contribution in [0.2, 0.25) is 0 Å². The van der Waals surface area contributed by atoms with Gasteiger partial charge in [-0.3, -0.25) is 9.59 Å². The van der Waals surface area contributed by atoms with Gasteiger partial charge in [0.1, 0.15) is 5.60 Å². The number of carbonyl (C=O) groups excluding carboxylic acids is 2. The number of hydrogen-bond acceptors (Lipinski definition) is 4. The predicted octanol–water partition coefficient (Wildman–Crippen LogP) is 4.83. The van der Waals surface area contributed by atoms with E-state index in [0.717, 1.165) is 37.0 Å². The molecule has 136 valence electrons. The van der Waals surface area contributed by atoms with E-state index < -0.39 is 0 Å². The highest BCUT2D eigenvalue weighted by Gasteiger charge is 2.53. The van der Waals surface area contributed by atoms with Crippen LogP contribution in [-0.2, 0) is 14.3 Å². The van der Waals surface area contributed by atoms with E-state index in [1.165, 1.54) is 31.0 Å². The smallest absolute Gasteiger partial charge is 0.309 e. The topological polar surface area (TPSA) is 43.4 Å². The maximum absolute atomic E-state index is 12.8. The first kappa shape index (κ1) is 18.3. The van der Waals surface area contributed by atoms with Crippen LogP contribution in [0, 0.1) is 29.6 Å². The van der Waals surface area contributed by atoms with Crippen molar-refractivity contribution < 1.29 is 14.3 Å². The monoisotopic (exact) mass is 352 g/mol. The molecule has 4 bridgehead atoms. The van der Waals surface area contributed by atoms with E-state index in [1.54, 1.807) is 0 Å². The first-order valence-electron chi connectivity index (χ1n) is 9.53. The highest BCUT2D eigenvalue weighted by Crippen LogP contribution is 2.57. The molecule has 0 saturated heterocycles. The Morgan fingerprint density at radius 2 is 1.42 bits per heavy atom. The largest absolute Gasteiger partial charge is 0.459 e. The predicted molar refractivity (Wildman–Crippen MR) is 97.7 cm³/mol. The van der Waals surface area contributed by atoms with Crippen LogP contribution in [0.3, 0.4) is 0 Å². The third-order valence-electron chi connectivity index (χ3n) is 6.20. The van der Waals surface area contributed by atoms with Gasteiger partial charge in [-0.05, 0) is 56.3 Å². The summed E-state index contributed by atoms with van der Waals surface area (Å²) in [5.74, 6) is 1.46. The molecular weight excluding hydrogens is 320 g/mol. The lowest BCUT2D eigenvalue weighted by Gasteiger charge is -2.55. The molecule has 0 aliphatic heterocycles. The SMILES string of the molecule is CC(C(=O)OC12CC3CC(CC(C3)C1)C2)C(C)C(=O)SC(C)(C)C. The van der Waals surface area contributed by atoms with Gasteiger partial charge in [0.25, 0.3) is 0 Å². The van der Waals surface area contributed by atoms with Gasteiger partial charge in [0, 0.05) is 10.7 Å². The maximum atomic E-state index is 12.8. The molecule has 0 aromatic heterocycles. The first-order valence-corrected chi connectivity index (χ1v) is 10.3. The average molecular weight is 353 g/mol. The molecule has 4 fully saturated rings. The summed E-state index contributed by atoms with van der Waals surface area (Å²) in [7, 11) is 0. The fourth-order valence-electron chi connectivity index (χ4n) is 5.27. The summed E-state index contributed by atoms with van der Waals surface area (Å²) in [5, 5.41) is 0.0949. The molecule has 2 unspecified atom stereocenters. The van der Waals surface area contributed by atoms with Crippen molar-refractivity contribution in [3.8, 4) is 0 Å². The zero-order valence-corrected chi connectivity index (χ0v) is 16.6. The van der Waals surface area contributed by atoms with Gasteiger partial charge in [-0.1, -0.05) is 46.4 Å². The molecular formula is C20H32O3S. The molecule has 4 aliphatic rings. The minimum atomic E-state index is -0.361. The number of rotatable bonds is 4. The lowest BCUT2D eigenvalue weighted by atomic mass is 9.54. The summed E-state index contributed by atoms with van der Waals surface area (Å²) in [6.07, 6.45) is 7.17. The standard InChI is InChI=1S/C20H32O3S/c1-12(13(2)18(22)24-19(3,4)5)17(21)23-20-9-14-6-15(10-20)8-16(7-14)11-20/h12-16H,6-11H2,1-5H3. The molecule has 4 saturated carbocycles. The summed E-state index contributed by atoms with van der Waals surface area (Å²) < 4.78 is 6.00. The first-order chi connectivity index (χ1) is 11.1. The van der Waals surface area contributed by atoms with Crippen LogP contribution in [0.5, 0.6) is 0 Å². The van der Waals surface area contributed by atoms with E-state index in [-0.39, 0.29) is 33.3 Å². The Labute approximate surface area is 150 Å². The summed E-state index contributed by atoms with van der Waals surface area (Å²) in [5.41, 5.74) is -0.208. The molecule has 24 heavy (non-hydrogen) atoms. The van der Waals surface area contributed by atoms with Gasteiger partial charge in [-0.25, -0.2) is 0 Å². The van der Waals surface area contributed by atoms with Crippen molar-refractivity contribution in [1.29, 1.82) is 0 Å². The number of esters is 1. The van der Waals surface area contributed by atoms with Gasteiger partial charge >= 0.3 is 5.97 Å². The van der Waals surface area contributed by atoms with E-state index in [4.69, 9.17) is 4.74 Å². The number of ether oxygens (including phenoxy) is 1. The fraction of sp³-hybridized carbons (Fsp3) is 0.900. The normalized spacial score (nSPS) is 37.1. The number of thioether (sulfide) groups is 1. The van der Waals surface area contributed by atoms with Crippen LogP contribution in [0.4, 0.5) is 0 Å². The Morgan fingerprint density at radius 3 is 1.83 bits per heavy atom. The second-order valence-corrected chi connectivity index (χ2v) is 11.5. The van der Waals surface area contributed by atoms with Crippen LogP contribution < -0.4 is 0 Å². The van der Waals surface area contributed by atoms with E-state index in [9.17, 15) is 9.59 Å². The number of hydrogen-bond donors (Lipinski definition) is 0. The van der Waals surface area contributed by atoms with Crippen molar-refractivity contribution in [3.05, 3.63) is 0 Å². The highest BCUT2D eigenvalue weighted by atomic mass is 32.2. The van der Waals surface area contributed by atoms with Gasteiger partial charge in [-0.2, -0.15) is 0 Å². The van der Waals surface area contributed by atoms with Crippen molar-refractivity contribution in [2.45, 2.75) is 83.5 Å². The quantitative estimate of drug-likeness (QED) is 0.680. The Balaban J connectivity index is 1.61. The molecule has 0 aromatic carbocycles. The lowest BCUT2D eigenvalue weighted by molar-refractivity contribution is -0.192. The summed E-state index contributed by atoms with van der Waals surface area (Å²) in [6.45, 7) is 9.81. The van der Waals surface area contributed by atoms with Gasteiger partial charge in [0.2, 0.25) is 0 Å². The van der Waals surface area contributed by atoms with E-state index in [0.29, 0.717) is 0 Å². The molecule has 0 amide bonds. The molecule has 0 N–H and O–H groups in total. The zero-order chi connectivity index (χ0) is 17.7. The third kappa shape index (κ3) is 3.84. The Hall–Kier alpha value is -0.510. The second kappa shape index (κ2) is 6.34. The molecule has 0 radical (unpaired) electrons. The Morgan fingerprint density at radius 1 is 0.958 bits per heavy atom. The molecule has 4 heteroatoms. The van der Waals surface area contributed by atoms with Crippen LogP contribution in [0.1, 0.15) is 73.1 Å². The summed E-state index contributed by atoms with van der Waals surface area (Å²) in [4.78, 5) is 25.2. The van der Waals surface area contributed by atoms with E-state index >= 15 is 0 Å². The molecule has 0 aromatic rings. The maximum Gasteiger partial charge on any atom is 0.309 e. The van der Waals surface area contributed by atoms with E-state index in [2.05, 4.69) is 0 Å². The Kier molecular flexibility index (Phi) is 4.83. The summed E-state index contributed by atoms with van der Waals surface area (Å²) in [6, 6.07) is 0. The summed E-state index contributed by atoms with van der Waals surface area (Å²) >= 11 is 1.33. The van der Waals surface area contributed by atoms with Gasteiger partial charge in [-0.15, -0.1) is 0 Å². The van der Waals surface area contributed by atoms with Crippen molar-refractivity contribution in [2.75, 3.05) is 0 Å². The lowest BCUT2D eigenvalue weighted by Crippen LogP contribution is -2.53. The minimum absolute atomic E-state index is 0.0949.